The van der Waals surface area contributed by atoms with Gasteiger partial charge in [0.1, 0.15) is 12.4 Å². The summed E-state index contributed by atoms with van der Waals surface area (Å²) in [6, 6.07) is 7.84. The molecule has 0 saturated heterocycles. The summed E-state index contributed by atoms with van der Waals surface area (Å²) in [5.74, 6) is 2.73. The highest BCUT2D eigenvalue weighted by Gasteiger charge is 2.30. The van der Waals surface area contributed by atoms with Crippen molar-refractivity contribution in [3.05, 3.63) is 47.7 Å². The molecule has 7 heteroatoms. The number of fused-ring (bicyclic) bond motifs is 2. The normalized spacial score (nSPS) is 16.5. The van der Waals surface area contributed by atoms with Crippen molar-refractivity contribution >= 4 is 22.6 Å². The molecular weight excluding hydrogens is 378 g/mol. The summed E-state index contributed by atoms with van der Waals surface area (Å²) < 4.78 is 3.90. The Morgan fingerprint density at radius 2 is 1.97 bits per heavy atom. The van der Waals surface area contributed by atoms with Gasteiger partial charge < -0.3 is 9.47 Å². The number of benzene rings is 1. The lowest BCUT2D eigenvalue weighted by molar-refractivity contribution is -0.131. The molecule has 3 aromatic rings. The molecule has 0 radical (unpaired) electrons. The summed E-state index contributed by atoms with van der Waals surface area (Å²) in [4.78, 5) is 32.3. The molecule has 2 aliphatic rings. The summed E-state index contributed by atoms with van der Waals surface area (Å²) in [7, 11) is 0. The molecule has 0 unspecified atom stereocenters. The Kier molecular flexibility index (Phi) is 4.89. The summed E-state index contributed by atoms with van der Waals surface area (Å²) in [5, 5.41) is 5.58. The average molecular weight is 406 g/mol. The molecule has 0 atom stereocenters. The smallest absolute Gasteiger partial charge is 0.242 e. The first kappa shape index (κ1) is 19.0. The van der Waals surface area contributed by atoms with Crippen molar-refractivity contribution in [2.75, 3.05) is 13.1 Å². The number of aromatic nitrogens is 4. The second kappa shape index (κ2) is 7.70. The van der Waals surface area contributed by atoms with Gasteiger partial charge in [0, 0.05) is 54.5 Å². The van der Waals surface area contributed by atoms with Crippen LogP contribution < -0.4 is 0 Å². The minimum Gasteiger partial charge on any atom is -0.339 e. The molecular formula is C23H27N5O2. The van der Waals surface area contributed by atoms with Gasteiger partial charge in [-0.15, -0.1) is 0 Å². The maximum atomic E-state index is 13.1. The predicted octanol–water partition coefficient (Wildman–Crippen LogP) is 3.18. The molecule has 30 heavy (non-hydrogen) atoms. The van der Waals surface area contributed by atoms with Crippen LogP contribution in [0, 0.1) is 0 Å². The zero-order chi connectivity index (χ0) is 20.7. The minimum absolute atomic E-state index is 0.0680. The van der Waals surface area contributed by atoms with E-state index < -0.39 is 0 Å². The van der Waals surface area contributed by atoms with Crippen LogP contribution in [-0.2, 0) is 24.3 Å². The molecule has 156 valence electrons. The summed E-state index contributed by atoms with van der Waals surface area (Å²) in [6.45, 7) is 4.23. The highest BCUT2D eigenvalue weighted by atomic mass is 16.2. The number of hydrogen-bond donors (Lipinski definition) is 0. The van der Waals surface area contributed by atoms with E-state index in [1.165, 1.54) is 12.8 Å². The molecule has 1 amide bonds. The van der Waals surface area contributed by atoms with Crippen molar-refractivity contribution in [1.29, 1.82) is 0 Å². The van der Waals surface area contributed by atoms with E-state index >= 15 is 0 Å². The Labute approximate surface area is 175 Å². The molecule has 5 rings (SSSR count). The van der Waals surface area contributed by atoms with Gasteiger partial charge in [0.05, 0.1) is 6.54 Å². The van der Waals surface area contributed by atoms with Crippen molar-refractivity contribution in [3.8, 4) is 0 Å². The van der Waals surface area contributed by atoms with Gasteiger partial charge in [0.25, 0.3) is 0 Å². The highest BCUT2D eigenvalue weighted by molar-refractivity contribution is 6.08. The Balaban J connectivity index is 1.32. The largest absolute Gasteiger partial charge is 0.339 e. The van der Waals surface area contributed by atoms with E-state index in [2.05, 4.69) is 5.10 Å². The van der Waals surface area contributed by atoms with Gasteiger partial charge in [-0.25, -0.2) is 9.67 Å². The first-order valence-corrected chi connectivity index (χ1v) is 11.0. The Morgan fingerprint density at radius 1 is 1.13 bits per heavy atom. The molecule has 0 spiro atoms. The Hall–Kier alpha value is -2.96. The van der Waals surface area contributed by atoms with Crippen LogP contribution in [0.4, 0.5) is 0 Å². The second-order valence-electron chi connectivity index (χ2n) is 8.38. The summed E-state index contributed by atoms with van der Waals surface area (Å²) in [5.41, 5.74) is 1.65. The molecule has 0 bridgehead atoms. The molecule has 3 heterocycles. The molecule has 1 aliphatic heterocycles. The van der Waals surface area contributed by atoms with Gasteiger partial charge in [-0.1, -0.05) is 25.1 Å². The molecule has 1 aromatic carbocycles. The quantitative estimate of drug-likeness (QED) is 0.591. The maximum Gasteiger partial charge on any atom is 0.242 e. The number of amides is 1. The maximum absolute atomic E-state index is 13.1. The summed E-state index contributed by atoms with van der Waals surface area (Å²) >= 11 is 0. The van der Waals surface area contributed by atoms with Gasteiger partial charge in [0.15, 0.2) is 11.6 Å². The fourth-order valence-electron chi connectivity index (χ4n) is 4.29. The van der Waals surface area contributed by atoms with Gasteiger partial charge in [-0.3, -0.25) is 9.59 Å². The monoisotopic (exact) mass is 405 g/mol. The number of carbonyl (C=O) groups is 2. The average Bonchev–Trinajstić information content (AvgIpc) is 3.47. The van der Waals surface area contributed by atoms with Crippen LogP contribution in [0.1, 0.15) is 60.5 Å². The molecule has 1 fully saturated rings. The minimum atomic E-state index is 0.0680. The highest BCUT2D eigenvalue weighted by Crippen LogP contribution is 2.38. The van der Waals surface area contributed by atoms with Crippen molar-refractivity contribution in [3.63, 3.8) is 0 Å². The Morgan fingerprint density at radius 3 is 2.77 bits per heavy atom. The van der Waals surface area contributed by atoms with E-state index in [0.29, 0.717) is 37.5 Å². The molecule has 7 nitrogen and oxygen atoms in total. The van der Waals surface area contributed by atoms with Gasteiger partial charge in [-0.2, -0.15) is 5.10 Å². The predicted molar refractivity (Wildman–Crippen MR) is 113 cm³/mol. The van der Waals surface area contributed by atoms with Gasteiger partial charge >= 0.3 is 0 Å². The van der Waals surface area contributed by atoms with Crippen LogP contribution in [-0.4, -0.2) is 49.0 Å². The number of carbonyl (C=O) groups excluding carboxylic acids is 2. The number of hydrogen-bond acceptors (Lipinski definition) is 4. The van der Waals surface area contributed by atoms with Crippen molar-refractivity contribution in [2.45, 2.75) is 58.0 Å². The number of para-hydroxylation sites is 1. The van der Waals surface area contributed by atoms with Crippen molar-refractivity contribution in [2.24, 2.45) is 0 Å². The third-order valence-corrected chi connectivity index (χ3v) is 6.12. The van der Waals surface area contributed by atoms with Gasteiger partial charge in [-0.05, 0) is 25.3 Å². The fraction of sp³-hybridized carbons (Fsp3) is 0.478. The van der Waals surface area contributed by atoms with Crippen LogP contribution in [0.3, 0.4) is 0 Å². The van der Waals surface area contributed by atoms with Crippen molar-refractivity contribution in [1.82, 2.24) is 24.2 Å². The van der Waals surface area contributed by atoms with Crippen LogP contribution in [0.15, 0.2) is 30.5 Å². The molecule has 0 N–H and O–H groups in total. The zero-order valence-corrected chi connectivity index (χ0v) is 17.4. The third kappa shape index (κ3) is 3.53. The van der Waals surface area contributed by atoms with Crippen LogP contribution >= 0.6 is 0 Å². The third-order valence-electron chi connectivity index (χ3n) is 6.12. The first-order chi connectivity index (χ1) is 14.6. The van der Waals surface area contributed by atoms with E-state index in [1.807, 2.05) is 51.5 Å². The van der Waals surface area contributed by atoms with E-state index in [1.54, 1.807) is 0 Å². The number of ketones is 1. The SMILES string of the molecule is CCCC(=O)c1cn(CC(=O)N2CCc3nc(C4CC4)nn3CC2)c2ccccc12. The first-order valence-electron chi connectivity index (χ1n) is 11.0. The van der Waals surface area contributed by atoms with E-state index in [0.717, 1.165) is 35.4 Å². The molecule has 2 aromatic heterocycles. The topological polar surface area (TPSA) is 73.0 Å². The fourth-order valence-corrected chi connectivity index (χ4v) is 4.29. The summed E-state index contributed by atoms with van der Waals surface area (Å²) in [6.07, 6.45) is 6.32. The number of nitrogens with zero attached hydrogens (tertiary/aromatic N) is 5. The zero-order valence-electron chi connectivity index (χ0n) is 17.4. The van der Waals surface area contributed by atoms with E-state index in [-0.39, 0.29) is 18.2 Å². The lowest BCUT2D eigenvalue weighted by Gasteiger charge is -2.20. The molecule has 1 saturated carbocycles. The standard InChI is InChI=1S/C23H27N5O2/c1-2-5-20(29)18-14-27(19-7-4-3-6-17(18)19)15-22(30)26-11-10-21-24-23(16-8-9-16)25-28(21)13-12-26/h3-4,6-7,14,16H,2,5,8-13,15H2,1H3. The second-order valence-corrected chi connectivity index (χ2v) is 8.38. The van der Waals surface area contributed by atoms with Crippen LogP contribution in [0.5, 0.6) is 0 Å². The lowest BCUT2D eigenvalue weighted by atomic mass is 10.1. The van der Waals surface area contributed by atoms with E-state index in [4.69, 9.17) is 4.98 Å². The van der Waals surface area contributed by atoms with Crippen LogP contribution in [0.2, 0.25) is 0 Å². The number of rotatable bonds is 6. The van der Waals surface area contributed by atoms with Crippen molar-refractivity contribution < 1.29 is 9.59 Å². The Bertz CT molecular complexity index is 1080. The van der Waals surface area contributed by atoms with Gasteiger partial charge in [0.2, 0.25) is 5.91 Å². The lowest BCUT2D eigenvalue weighted by Crippen LogP contribution is -2.36. The van der Waals surface area contributed by atoms with Crippen LogP contribution in [0.25, 0.3) is 10.9 Å². The number of Topliss-reactive ketones (excluding diaryl/α,β-unsaturated/α-hetero) is 1. The molecule has 1 aliphatic carbocycles. The van der Waals surface area contributed by atoms with E-state index in [9.17, 15) is 9.59 Å².